The van der Waals surface area contributed by atoms with E-state index in [-0.39, 0.29) is 0 Å². The van der Waals surface area contributed by atoms with Crippen LogP contribution in [0.2, 0.25) is 0 Å². The molecule has 0 amide bonds. The number of hydrogen-bond donors (Lipinski definition) is 0. The van der Waals surface area contributed by atoms with Crippen molar-refractivity contribution < 1.29 is 4.74 Å². The predicted molar refractivity (Wildman–Crippen MR) is 65.3 cm³/mol. The number of nitrogens with zero attached hydrogens (tertiary/aromatic N) is 1. The van der Waals surface area contributed by atoms with Crippen LogP contribution in [0.4, 0.5) is 0 Å². The van der Waals surface area contributed by atoms with Crippen molar-refractivity contribution in [1.29, 1.82) is 0 Å². The van der Waals surface area contributed by atoms with E-state index in [0.29, 0.717) is 6.61 Å². The molecule has 1 aromatic carbocycles. The van der Waals surface area contributed by atoms with Gasteiger partial charge in [0.1, 0.15) is 17.4 Å². The molecule has 0 N–H and O–H groups in total. The monoisotopic (exact) mass is 283 g/mol. The number of rotatable bonds is 3. The molecular weight excluding hydrogens is 274 g/mol. The minimum Gasteiger partial charge on any atom is -0.486 e. The van der Waals surface area contributed by atoms with Gasteiger partial charge in [0.25, 0.3) is 0 Å². The number of ether oxygens (including phenoxy) is 1. The van der Waals surface area contributed by atoms with Crippen molar-refractivity contribution in [3.8, 4) is 5.75 Å². The van der Waals surface area contributed by atoms with Crippen molar-refractivity contribution in [3.05, 3.63) is 44.8 Å². The third kappa shape index (κ3) is 3.04. The van der Waals surface area contributed by atoms with Crippen molar-refractivity contribution in [2.24, 2.45) is 0 Å². The van der Waals surface area contributed by atoms with Crippen LogP contribution in [0.15, 0.2) is 34.2 Å². The number of aryl methyl sites for hydroxylation is 1. The Kier molecular flexibility index (Phi) is 3.38. The molecule has 0 saturated carbocycles. The van der Waals surface area contributed by atoms with Crippen molar-refractivity contribution >= 4 is 27.3 Å². The number of aromatic nitrogens is 1. The first-order valence-corrected chi connectivity index (χ1v) is 6.14. The van der Waals surface area contributed by atoms with E-state index in [1.807, 2.05) is 24.3 Å². The van der Waals surface area contributed by atoms with E-state index >= 15 is 0 Å². The largest absolute Gasteiger partial charge is 0.486 e. The van der Waals surface area contributed by atoms with Crippen LogP contribution in [0.1, 0.15) is 10.6 Å². The van der Waals surface area contributed by atoms with Crippen LogP contribution < -0.4 is 4.74 Å². The summed E-state index contributed by atoms with van der Waals surface area (Å²) in [7, 11) is 0. The van der Waals surface area contributed by atoms with Crippen molar-refractivity contribution in [2.75, 3.05) is 0 Å². The summed E-state index contributed by atoms with van der Waals surface area (Å²) >= 11 is 4.96. The van der Waals surface area contributed by atoms with Crippen LogP contribution in [0.3, 0.4) is 0 Å². The van der Waals surface area contributed by atoms with Crippen molar-refractivity contribution in [1.82, 2.24) is 4.98 Å². The van der Waals surface area contributed by atoms with E-state index in [1.165, 1.54) is 5.56 Å². The molecule has 1 heterocycles. The zero-order chi connectivity index (χ0) is 10.7. The topological polar surface area (TPSA) is 22.1 Å². The van der Waals surface area contributed by atoms with Gasteiger partial charge >= 0.3 is 0 Å². The fourth-order valence-electron chi connectivity index (χ4n) is 1.13. The summed E-state index contributed by atoms with van der Waals surface area (Å²) in [6.07, 6.45) is 1.79. The lowest BCUT2D eigenvalue weighted by molar-refractivity contribution is 0.305. The first-order valence-electron chi connectivity index (χ1n) is 4.54. The van der Waals surface area contributed by atoms with Gasteiger partial charge in [0.2, 0.25) is 0 Å². The zero-order valence-corrected chi connectivity index (χ0v) is 10.6. The van der Waals surface area contributed by atoms with Gasteiger partial charge in [0, 0.05) is 0 Å². The Hall–Kier alpha value is -0.870. The van der Waals surface area contributed by atoms with Crippen molar-refractivity contribution in [3.63, 3.8) is 0 Å². The van der Waals surface area contributed by atoms with E-state index in [9.17, 15) is 0 Å². The number of hydrogen-bond acceptors (Lipinski definition) is 3. The minimum atomic E-state index is 0.527. The smallest absolute Gasteiger partial charge is 0.140 e. The zero-order valence-electron chi connectivity index (χ0n) is 8.24. The molecule has 0 aliphatic rings. The van der Waals surface area contributed by atoms with Gasteiger partial charge in [-0.3, -0.25) is 0 Å². The number of benzene rings is 1. The van der Waals surface area contributed by atoms with Gasteiger partial charge in [-0.05, 0) is 35.0 Å². The second-order valence-electron chi connectivity index (χ2n) is 3.16. The highest BCUT2D eigenvalue weighted by molar-refractivity contribution is 9.11. The first-order chi connectivity index (χ1) is 7.24. The molecule has 2 rings (SSSR count). The maximum atomic E-state index is 5.59. The fraction of sp³-hybridized carbons (Fsp3) is 0.182. The van der Waals surface area contributed by atoms with E-state index in [1.54, 1.807) is 17.5 Å². The molecule has 0 aliphatic heterocycles. The number of halogens is 1. The average Bonchev–Trinajstić information content (AvgIpc) is 2.64. The van der Waals surface area contributed by atoms with Crippen LogP contribution in [-0.4, -0.2) is 4.98 Å². The van der Waals surface area contributed by atoms with Gasteiger partial charge < -0.3 is 4.74 Å². The molecule has 2 aromatic rings. The van der Waals surface area contributed by atoms with Crippen molar-refractivity contribution in [2.45, 2.75) is 13.5 Å². The summed E-state index contributed by atoms with van der Waals surface area (Å²) in [6.45, 7) is 2.58. The lowest BCUT2D eigenvalue weighted by Gasteiger charge is -2.03. The Balaban J connectivity index is 1.96. The summed E-state index contributed by atoms with van der Waals surface area (Å²) in [5.74, 6) is 0.881. The molecule has 78 valence electrons. The Morgan fingerprint density at radius 3 is 2.67 bits per heavy atom. The summed E-state index contributed by atoms with van der Waals surface area (Å²) in [6, 6.07) is 8.01. The lowest BCUT2D eigenvalue weighted by Crippen LogP contribution is -1.93. The molecule has 4 heteroatoms. The SMILES string of the molecule is Cc1ccc(OCc2ncc(Br)s2)cc1. The summed E-state index contributed by atoms with van der Waals surface area (Å²) in [5, 5.41) is 0.974. The molecule has 0 bridgehead atoms. The minimum absolute atomic E-state index is 0.527. The lowest BCUT2D eigenvalue weighted by atomic mass is 10.2. The van der Waals surface area contributed by atoms with E-state index < -0.39 is 0 Å². The second kappa shape index (κ2) is 4.77. The molecule has 0 unspecified atom stereocenters. The summed E-state index contributed by atoms with van der Waals surface area (Å²) in [4.78, 5) is 4.20. The highest BCUT2D eigenvalue weighted by atomic mass is 79.9. The van der Waals surface area contributed by atoms with Gasteiger partial charge in [0.15, 0.2) is 0 Å². The Morgan fingerprint density at radius 2 is 2.07 bits per heavy atom. The van der Waals surface area contributed by atoms with Gasteiger partial charge in [0.05, 0.1) is 9.98 Å². The highest BCUT2D eigenvalue weighted by Crippen LogP contribution is 2.20. The van der Waals surface area contributed by atoms with Gasteiger partial charge in [-0.2, -0.15) is 0 Å². The van der Waals surface area contributed by atoms with E-state index in [4.69, 9.17) is 4.74 Å². The molecule has 0 radical (unpaired) electrons. The average molecular weight is 284 g/mol. The van der Waals surface area contributed by atoms with Gasteiger partial charge in [-0.15, -0.1) is 11.3 Å². The predicted octanol–water partition coefficient (Wildman–Crippen LogP) is 3.79. The van der Waals surface area contributed by atoms with Crippen LogP contribution in [0, 0.1) is 6.92 Å². The van der Waals surface area contributed by atoms with Crippen LogP contribution >= 0.6 is 27.3 Å². The molecule has 0 atom stereocenters. The summed E-state index contributed by atoms with van der Waals surface area (Å²) < 4.78 is 6.62. The first kappa shape index (κ1) is 10.6. The van der Waals surface area contributed by atoms with Crippen LogP contribution in [0.5, 0.6) is 5.75 Å². The van der Waals surface area contributed by atoms with E-state index in [2.05, 4.69) is 27.8 Å². The summed E-state index contributed by atoms with van der Waals surface area (Å²) in [5.41, 5.74) is 1.24. The highest BCUT2D eigenvalue weighted by Gasteiger charge is 2.00. The van der Waals surface area contributed by atoms with Gasteiger partial charge in [-0.1, -0.05) is 17.7 Å². The molecule has 2 nitrogen and oxygen atoms in total. The molecule has 15 heavy (non-hydrogen) atoms. The molecule has 0 aliphatic carbocycles. The molecule has 0 fully saturated rings. The van der Waals surface area contributed by atoms with Crippen LogP contribution in [-0.2, 0) is 6.61 Å². The Bertz CT molecular complexity index is 438. The van der Waals surface area contributed by atoms with Gasteiger partial charge in [-0.25, -0.2) is 4.98 Å². The molecule has 0 spiro atoms. The molecule has 1 aromatic heterocycles. The maximum absolute atomic E-state index is 5.59. The Labute approximate surface area is 101 Å². The van der Waals surface area contributed by atoms with E-state index in [0.717, 1.165) is 14.5 Å². The maximum Gasteiger partial charge on any atom is 0.140 e. The molecule has 0 saturated heterocycles. The fourth-order valence-corrected chi connectivity index (χ4v) is 2.35. The number of thiazole rings is 1. The standard InChI is InChI=1S/C11H10BrNOS/c1-8-2-4-9(5-3-8)14-7-11-13-6-10(12)15-11/h2-6H,7H2,1H3. The third-order valence-corrected chi connectivity index (χ3v) is 3.36. The Morgan fingerprint density at radius 1 is 1.33 bits per heavy atom. The second-order valence-corrected chi connectivity index (χ2v) is 5.65. The third-order valence-electron chi connectivity index (χ3n) is 1.91. The quantitative estimate of drug-likeness (QED) is 0.855. The van der Waals surface area contributed by atoms with Crippen LogP contribution in [0.25, 0.3) is 0 Å². The normalized spacial score (nSPS) is 10.3. The molecular formula is C11H10BrNOS.